The largest absolute Gasteiger partial charge is 0.466 e. The number of hydrogen-bond donors (Lipinski definition) is 3. The number of allylic oxidation sites excluding steroid dienone is 2. The Morgan fingerprint density at radius 1 is 0.429 bits per heavy atom. The van der Waals surface area contributed by atoms with Crippen LogP contribution in [0, 0.1) is 0 Å². The molecule has 0 rings (SSSR count). The van der Waals surface area contributed by atoms with Crippen LogP contribution < -0.4 is 5.32 Å². The highest BCUT2D eigenvalue weighted by Gasteiger charge is 2.20. The van der Waals surface area contributed by atoms with Crippen molar-refractivity contribution < 1.29 is 24.5 Å². The molecule has 1 amide bonds. The molecule has 0 spiro atoms. The zero-order valence-electron chi connectivity index (χ0n) is 42.6. The van der Waals surface area contributed by atoms with E-state index < -0.39 is 12.1 Å². The first-order valence-electron chi connectivity index (χ1n) is 28.4. The van der Waals surface area contributed by atoms with E-state index >= 15 is 0 Å². The van der Waals surface area contributed by atoms with Crippen LogP contribution in [-0.4, -0.2) is 47.4 Å². The summed E-state index contributed by atoms with van der Waals surface area (Å²) in [6.45, 7) is 4.95. The molecule has 63 heavy (non-hydrogen) atoms. The average Bonchev–Trinajstić information content (AvgIpc) is 3.28. The number of ether oxygens (including phenoxy) is 1. The van der Waals surface area contributed by atoms with Gasteiger partial charge in [-0.05, 0) is 51.4 Å². The van der Waals surface area contributed by atoms with E-state index in [0.29, 0.717) is 25.9 Å². The van der Waals surface area contributed by atoms with Crippen LogP contribution in [0.1, 0.15) is 316 Å². The van der Waals surface area contributed by atoms with Gasteiger partial charge in [-0.25, -0.2) is 0 Å². The van der Waals surface area contributed by atoms with E-state index in [1.54, 1.807) is 0 Å². The molecule has 0 aliphatic rings. The van der Waals surface area contributed by atoms with Crippen molar-refractivity contribution in [1.82, 2.24) is 5.32 Å². The van der Waals surface area contributed by atoms with Gasteiger partial charge in [-0.1, -0.05) is 264 Å². The molecule has 2 atom stereocenters. The summed E-state index contributed by atoms with van der Waals surface area (Å²) in [4.78, 5) is 24.5. The quantitative estimate of drug-likeness (QED) is 0.0321. The number of esters is 1. The standard InChI is InChI=1S/C57H111NO5/c1-3-5-7-9-11-13-15-17-22-27-31-35-39-43-47-51-57(62)63-52-48-44-40-36-32-28-24-21-19-20-23-26-30-34-38-42-46-50-56(61)58-54(53-59)55(60)49-45-41-37-33-29-25-18-16-14-12-10-8-6-4-2/h17,22,54-55,59-60H,3-16,18-21,23-53H2,1-2H3,(H,58,61)/b22-17-. The Balaban J connectivity index is 3.40. The maximum Gasteiger partial charge on any atom is 0.305 e. The van der Waals surface area contributed by atoms with Crippen LogP contribution in [0.4, 0.5) is 0 Å². The molecule has 0 aromatic rings. The van der Waals surface area contributed by atoms with E-state index in [4.69, 9.17) is 4.74 Å². The zero-order chi connectivity index (χ0) is 45.8. The summed E-state index contributed by atoms with van der Waals surface area (Å²) in [5.74, 6) is -0.0410. The molecule has 0 saturated heterocycles. The summed E-state index contributed by atoms with van der Waals surface area (Å²) in [6, 6.07) is -0.544. The molecular formula is C57H111NO5. The molecule has 0 heterocycles. The second kappa shape index (κ2) is 53.2. The fourth-order valence-electron chi connectivity index (χ4n) is 8.93. The Morgan fingerprint density at radius 2 is 0.746 bits per heavy atom. The van der Waals surface area contributed by atoms with Gasteiger partial charge in [0.05, 0.1) is 25.4 Å². The smallest absolute Gasteiger partial charge is 0.305 e. The second-order valence-electron chi connectivity index (χ2n) is 19.6. The molecule has 0 bridgehead atoms. The molecule has 6 heteroatoms. The van der Waals surface area contributed by atoms with Gasteiger partial charge in [0.25, 0.3) is 0 Å². The predicted molar refractivity (Wildman–Crippen MR) is 273 cm³/mol. The average molecular weight is 891 g/mol. The molecule has 3 N–H and O–H groups in total. The Labute approximate surface area is 393 Å². The van der Waals surface area contributed by atoms with Crippen LogP contribution in [0.5, 0.6) is 0 Å². The molecular weight excluding hydrogens is 779 g/mol. The number of rotatable bonds is 53. The number of unbranched alkanes of at least 4 members (excludes halogenated alkanes) is 40. The molecule has 0 aromatic heterocycles. The maximum atomic E-state index is 12.5. The van der Waals surface area contributed by atoms with Crippen LogP contribution in [-0.2, 0) is 14.3 Å². The number of carbonyl (C=O) groups is 2. The molecule has 2 unspecified atom stereocenters. The Kier molecular flexibility index (Phi) is 52.0. The van der Waals surface area contributed by atoms with Crippen molar-refractivity contribution in [2.75, 3.05) is 13.2 Å². The SMILES string of the molecule is CCCCCCCC/C=C\CCCCCCCC(=O)OCCCCCCCCCCCCCCCCCCCC(=O)NC(CO)C(O)CCCCCCCCCCCCCCCC. The van der Waals surface area contributed by atoms with Gasteiger partial charge in [0, 0.05) is 12.8 Å². The monoisotopic (exact) mass is 890 g/mol. The van der Waals surface area contributed by atoms with Crippen molar-refractivity contribution in [3.05, 3.63) is 12.2 Å². The van der Waals surface area contributed by atoms with Gasteiger partial charge >= 0.3 is 5.97 Å². The molecule has 374 valence electrons. The summed E-state index contributed by atoms with van der Waals surface area (Å²) in [5, 5.41) is 23.2. The summed E-state index contributed by atoms with van der Waals surface area (Å²) in [7, 11) is 0. The minimum Gasteiger partial charge on any atom is -0.466 e. The molecule has 0 aliphatic heterocycles. The van der Waals surface area contributed by atoms with Crippen molar-refractivity contribution in [3.63, 3.8) is 0 Å². The van der Waals surface area contributed by atoms with Crippen molar-refractivity contribution >= 4 is 11.9 Å². The molecule has 6 nitrogen and oxygen atoms in total. The van der Waals surface area contributed by atoms with Crippen molar-refractivity contribution in [3.8, 4) is 0 Å². The third-order valence-corrected chi connectivity index (χ3v) is 13.3. The fourth-order valence-corrected chi connectivity index (χ4v) is 8.93. The van der Waals surface area contributed by atoms with Gasteiger partial charge < -0.3 is 20.3 Å². The number of amides is 1. The van der Waals surface area contributed by atoms with E-state index in [-0.39, 0.29) is 18.5 Å². The summed E-state index contributed by atoms with van der Waals surface area (Å²) in [6.07, 6.45) is 61.9. The van der Waals surface area contributed by atoms with Gasteiger partial charge in [-0.3, -0.25) is 9.59 Å². The molecule has 0 aromatic carbocycles. The lowest BCUT2D eigenvalue weighted by atomic mass is 10.0. The second-order valence-corrected chi connectivity index (χ2v) is 19.6. The lowest BCUT2D eigenvalue weighted by molar-refractivity contribution is -0.143. The lowest BCUT2D eigenvalue weighted by Crippen LogP contribution is -2.45. The van der Waals surface area contributed by atoms with Crippen LogP contribution in [0.3, 0.4) is 0 Å². The van der Waals surface area contributed by atoms with Gasteiger partial charge in [0.1, 0.15) is 0 Å². The zero-order valence-corrected chi connectivity index (χ0v) is 42.6. The van der Waals surface area contributed by atoms with Crippen LogP contribution in [0.15, 0.2) is 12.2 Å². The van der Waals surface area contributed by atoms with Crippen LogP contribution in [0.2, 0.25) is 0 Å². The highest BCUT2D eigenvalue weighted by Crippen LogP contribution is 2.17. The molecule has 0 fully saturated rings. The van der Waals surface area contributed by atoms with E-state index in [0.717, 1.165) is 44.9 Å². The van der Waals surface area contributed by atoms with Crippen LogP contribution in [0.25, 0.3) is 0 Å². The first-order chi connectivity index (χ1) is 31.0. The van der Waals surface area contributed by atoms with E-state index in [9.17, 15) is 19.8 Å². The minimum atomic E-state index is -0.667. The number of aliphatic hydroxyl groups excluding tert-OH is 2. The predicted octanol–water partition coefficient (Wildman–Crippen LogP) is 17.3. The van der Waals surface area contributed by atoms with Crippen molar-refractivity contribution in [2.24, 2.45) is 0 Å². The highest BCUT2D eigenvalue weighted by atomic mass is 16.5. The molecule has 0 radical (unpaired) electrons. The third-order valence-electron chi connectivity index (χ3n) is 13.3. The van der Waals surface area contributed by atoms with Crippen molar-refractivity contribution in [1.29, 1.82) is 0 Å². The topological polar surface area (TPSA) is 95.9 Å². The molecule has 0 saturated carbocycles. The van der Waals surface area contributed by atoms with Crippen molar-refractivity contribution in [2.45, 2.75) is 328 Å². The normalized spacial score (nSPS) is 12.6. The number of nitrogens with one attached hydrogen (secondary N) is 1. The van der Waals surface area contributed by atoms with Gasteiger partial charge in [0.15, 0.2) is 0 Å². The Hall–Kier alpha value is -1.40. The Bertz CT molecular complexity index is 939. The van der Waals surface area contributed by atoms with E-state index in [1.807, 2.05) is 0 Å². The van der Waals surface area contributed by atoms with Gasteiger partial charge in [-0.15, -0.1) is 0 Å². The summed E-state index contributed by atoms with van der Waals surface area (Å²) in [5.41, 5.74) is 0. The van der Waals surface area contributed by atoms with Crippen LogP contribution >= 0.6 is 0 Å². The highest BCUT2D eigenvalue weighted by molar-refractivity contribution is 5.76. The van der Waals surface area contributed by atoms with E-state index in [2.05, 4.69) is 31.3 Å². The third kappa shape index (κ3) is 49.9. The minimum absolute atomic E-state index is 0.00204. The maximum absolute atomic E-state index is 12.5. The number of hydrogen-bond acceptors (Lipinski definition) is 5. The summed E-state index contributed by atoms with van der Waals surface area (Å²) >= 11 is 0. The first kappa shape index (κ1) is 61.6. The number of carbonyl (C=O) groups excluding carboxylic acids is 2. The summed E-state index contributed by atoms with van der Waals surface area (Å²) < 4.78 is 5.47. The van der Waals surface area contributed by atoms with Gasteiger partial charge in [0.2, 0.25) is 5.91 Å². The number of aliphatic hydroxyl groups is 2. The lowest BCUT2D eigenvalue weighted by Gasteiger charge is -2.22. The molecule has 0 aliphatic carbocycles. The first-order valence-corrected chi connectivity index (χ1v) is 28.4. The Morgan fingerprint density at radius 3 is 1.13 bits per heavy atom. The van der Waals surface area contributed by atoms with Gasteiger partial charge in [-0.2, -0.15) is 0 Å². The fraction of sp³-hybridized carbons (Fsp3) is 0.930. The van der Waals surface area contributed by atoms with E-state index in [1.165, 1.54) is 238 Å².